The average molecular weight is 219 g/mol. The molecule has 0 aliphatic heterocycles. The molecule has 0 aliphatic rings. The maximum atomic E-state index is 5.27. The third-order valence-corrected chi connectivity index (χ3v) is 2.90. The first-order chi connectivity index (χ1) is 7.68. The second-order valence-electron chi connectivity index (χ2n) is 3.99. The van der Waals surface area contributed by atoms with E-state index in [9.17, 15) is 0 Å². The standard InChI is InChI=1S/C12H17N3O/c1-9(12-8-14-15(3)10(12)2)13-7-11-5-4-6-16-11/h4-6,8-9,13H,7H2,1-3H3. The normalized spacial score (nSPS) is 12.9. The van der Waals surface area contributed by atoms with Crippen molar-refractivity contribution in [3.05, 3.63) is 41.6 Å². The van der Waals surface area contributed by atoms with E-state index in [-0.39, 0.29) is 6.04 Å². The van der Waals surface area contributed by atoms with Gasteiger partial charge in [0.05, 0.1) is 19.0 Å². The van der Waals surface area contributed by atoms with Crippen molar-refractivity contribution in [3.63, 3.8) is 0 Å². The summed E-state index contributed by atoms with van der Waals surface area (Å²) in [6, 6.07) is 4.14. The van der Waals surface area contributed by atoms with E-state index in [4.69, 9.17) is 4.42 Å². The SMILES string of the molecule is Cc1c(C(C)NCc2ccco2)cnn1C. The number of rotatable bonds is 4. The number of aromatic nitrogens is 2. The molecule has 0 spiro atoms. The summed E-state index contributed by atoms with van der Waals surface area (Å²) in [5.74, 6) is 0.952. The number of hydrogen-bond acceptors (Lipinski definition) is 3. The van der Waals surface area contributed by atoms with E-state index in [1.807, 2.05) is 30.1 Å². The van der Waals surface area contributed by atoms with Crippen molar-refractivity contribution >= 4 is 0 Å². The van der Waals surface area contributed by atoms with E-state index < -0.39 is 0 Å². The summed E-state index contributed by atoms with van der Waals surface area (Å²) >= 11 is 0. The van der Waals surface area contributed by atoms with Gasteiger partial charge >= 0.3 is 0 Å². The van der Waals surface area contributed by atoms with Gasteiger partial charge in [0, 0.05) is 24.3 Å². The molecule has 0 bridgehead atoms. The number of hydrogen-bond donors (Lipinski definition) is 1. The van der Waals surface area contributed by atoms with Gasteiger partial charge in [-0.2, -0.15) is 5.10 Å². The van der Waals surface area contributed by atoms with Crippen LogP contribution < -0.4 is 5.32 Å². The topological polar surface area (TPSA) is 43.0 Å². The molecule has 4 nitrogen and oxygen atoms in total. The second-order valence-corrected chi connectivity index (χ2v) is 3.99. The Morgan fingerprint density at radius 1 is 1.56 bits per heavy atom. The summed E-state index contributed by atoms with van der Waals surface area (Å²) < 4.78 is 7.16. The fourth-order valence-electron chi connectivity index (χ4n) is 1.72. The van der Waals surface area contributed by atoms with Crippen molar-refractivity contribution in [3.8, 4) is 0 Å². The molecule has 1 unspecified atom stereocenters. The first kappa shape index (κ1) is 11.0. The quantitative estimate of drug-likeness (QED) is 0.857. The Hall–Kier alpha value is -1.55. The summed E-state index contributed by atoms with van der Waals surface area (Å²) in [6.45, 7) is 4.95. The summed E-state index contributed by atoms with van der Waals surface area (Å²) in [4.78, 5) is 0. The lowest BCUT2D eigenvalue weighted by molar-refractivity contribution is 0.460. The van der Waals surface area contributed by atoms with E-state index in [2.05, 4.69) is 24.3 Å². The predicted octanol–water partition coefficient (Wildman–Crippen LogP) is 2.17. The Balaban J connectivity index is 1.98. The smallest absolute Gasteiger partial charge is 0.117 e. The van der Waals surface area contributed by atoms with Crippen LogP contribution >= 0.6 is 0 Å². The lowest BCUT2D eigenvalue weighted by atomic mass is 10.1. The van der Waals surface area contributed by atoms with Gasteiger partial charge in [-0.3, -0.25) is 4.68 Å². The van der Waals surface area contributed by atoms with Crippen LogP contribution in [0.3, 0.4) is 0 Å². The summed E-state index contributed by atoms with van der Waals surface area (Å²) in [5.41, 5.74) is 2.42. The molecule has 2 rings (SSSR count). The molecule has 1 atom stereocenters. The van der Waals surface area contributed by atoms with E-state index in [0.717, 1.165) is 12.3 Å². The molecule has 16 heavy (non-hydrogen) atoms. The molecule has 4 heteroatoms. The Kier molecular flexibility index (Phi) is 3.10. The van der Waals surface area contributed by atoms with Gasteiger partial charge in [-0.1, -0.05) is 0 Å². The molecule has 1 N–H and O–H groups in total. The van der Waals surface area contributed by atoms with Gasteiger partial charge in [-0.25, -0.2) is 0 Å². The van der Waals surface area contributed by atoms with Crippen LogP contribution in [0.5, 0.6) is 0 Å². The van der Waals surface area contributed by atoms with Crippen LogP contribution in [0.4, 0.5) is 0 Å². The highest BCUT2D eigenvalue weighted by molar-refractivity contribution is 5.19. The Morgan fingerprint density at radius 3 is 2.94 bits per heavy atom. The molecule has 0 saturated carbocycles. The lowest BCUT2D eigenvalue weighted by Gasteiger charge is -2.12. The molecule has 2 aromatic rings. The van der Waals surface area contributed by atoms with Gasteiger partial charge in [0.2, 0.25) is 0 Å². The van der Waals surface area contributed by atoms with Gasteiger partial charge in [0.15, 0.2) is 0 Å². The molecule has 2 heterocycles. The zero-order chi connectivity index (χ0) is 11.5. The van der Waals surface area contributed by atoms with Crippen LogP contribution in [-0.2, 0) is 13.6 Å². The molecule has 0 aromatic carbocycles. The largest absolute Gasteiger partial charge is 0.468 e. The monoisotopic (exact) mass is 219 g/mol. The van der Waals surface area contributed by atoms with Crippen molar-refractivity contribution in [2.24, 2.45) is 7.05 Å². The van der Waals surface area contributed by atoms with Gasteiger partial charge < -0.3 is 9.73 Å². The number of nitrogens with zero attached hydrogens (tertiary/aromatic N) is 2. The van der Waals surface area contributed by atoms with Gasteiger partial charge in [0.25, 0.3) is 0 Å². The molecule has 2 aromatic heterocycles. The predicted molar refractivity (Wildman–Crippen MR) is 61.9 cm³/mol. The van der Waals surface area contributed by atoms with E-state index in [0.29, 0.717) is 0 Å². The van der Waals surface area contributed by atoms with Crippen LogP contribution in [0.1, 0.15) is 30.0 Å². The second kappa shape index (κ2) is 4.53. The van der Waals surface area contributed by atoms with Crippen molar-refractivity contribution in [1.29, 1.82) is 0 Å². The van der Waals surface area contributed by atoms with E-state index >= 15 is 0 Å². The van der Waals surface area contributed by atoms with Gasteiger partial charge in [0.1, 0.15) is 5.76 Å². The number of nitrogens with one attached hydrogen (secondary N) is 1. The van der Waals surface area contributed by atoms with Crippen LogP contribution in [0, 0.1) is 6.92 Å². The number of aryl methyl sites for hydroxylation is 1. The Morgan fingerprint density at radius 2 is 2.38 bits per heavy atom. The minimum atomic E-state index is 0.277. The molecule has 86 valence electrons. The molecule has 0 saturated heterocycles. The summed E-state index contributed by atoms with van der Waals surface area (Å²) in [5, 5.41) is 7.64. The van der Waals surface area contributed by atoms with Crippen LogP contribution in [0.25, 0.3) is 0 Å². The Bertz CT molecular complexity index is 445. The highest BCUT2D eigenvalue weighted by Crippen LogP contribution is 2.16. The zero-order valence-electron chi connectivity index (χ0n) is 9.90. The fraction of sp³-hybridized carbons (Fsp3) is 0.417. The highest BCUT2D eigenvalue weighted by Gasteiger charge is 2.11. The molecular weight excluding hydrogens is 202 g/mol. The maximum Gasteiger partial charge on any atom is 0.117 e. The third-order valence-electron chi connectivity index (χ3n) is 2.90. The van der Waals surface area contributed by atoms with Crippen molar-refractivity contribution in [2.45, 2.75) is 26.4 Å². The minimum Gasteiger partial charge on any atom is -0.468 e. The molecule has 0 fully saturated rings. The summed E-state index contributed by atoms with van der Waals surface area (Å²) in [7, 11) is 1.96. The first-order valence-corrected chi connectivity index (χ1v) is 5.42. The summed E-state index contributed by atoms with van der Waals surface area (Å²) in [6.07, 6.45) is 3.60. The lowest BCUT2D eigenvalue weighted by Crippen LogP contribution is -2.18. The molecular formula is C12H17N3O. The van der Waals surface area contributed by atoms with E-state index in [1.165, 1.54) is 11.3 Å². The van der Waals surface area contributed by atoms with Gasteiger partial charge in [-0.15, -0.1) is 0 Å². The minimum absolute atomic E-state index is 0.277. The molecule has 0 aliphatic carbocycles. The average Bonchev–Trinajstić information content (AvgIpc) is 2.88. The van der Waals surface area contributed by atoms with Crippen LogP contribution in [0.15, 0.2) is 29.0 Å². The maximum absolute atomic E-state index is 5.27. The van der Waals surface area contributed by atoms with Crippen molar-refractivity contribution in [1.82, 2.24) is 15.1 Å². The Labute approximate surface area is 95.3 Å². The number of furan rings is 1. The molecule has 0 radical (unpaired) electrons. The van der Waals surface area contributed by atoms with Gasteiger partial charge in [-0.05, 0) is 26.0 Å². The van der Waals surface area contributed by atoms with Crippen LogP contribution in [-0.4, -0.2) is 9.78 Å². The van der Waals surface area contributed by atoms with Crippen molar-refractivity contribution < 1.29 is 4.42 Å². The van der Waals surface area contributed by atoms with Crippen LogP contribution in [0.2, 0.25) is 0 Å². The van der Waals surface area contributed by atoms with E-state index in [1.54, 1.807) is 6.26 Å². The van der Waals surface area contributed by atoms with Crippen molar-refractivity contribution in [2.75, 3.05) is 0 Å². The highest BCUT2D eigenvalue weighted by atomic mass is 16.3. The fourth-order valence-corrected chi connectivity index (χ4v) is 1.72. The zero-order valence-corrected chi connectivity index (χ0v) is 9.90. The molecule has 0 amide bonds. The first-order valence-electron chi connectivity index (χ1n) is 5.42. The third kappa shape index (κ3) is 2.17.